The van der Waals surface area contributed by atoms with E-state index < -0.39 is 0 Å². The summed E-state index contributed by atoms with van der Waals surface area (Å²) in [6.45, 7) is 5.95. The maximum atomic E-state index is 3.66. The lowest BCUT2D eigenvalue weighted by Gasteiger charge is -2.02. The molecule has 0 heterocycles. The van der Waals surface area contributed by atoms with Gasteiger partial charge < -0.3 is 0 Å². The lowest BCUT2D eigenvalue weighted by molar-refractivity contribution is 0.545. The van der Waals surface area contributed by atoms with Gasteiger partial charge in [-0.3, -0.25) is 0 Å². The molecule has 0 saturated carbocycles. The van der Waals surface area contributed by atoms with Crippen LogP contribution in [0.5, 0.6) is 0 Å². The molecule has 0 aromatic carbocycles. The summed E-state index contributed by atoms with van der Waals surface area (Å²) in [7, 11) is 0. The molecule has 121 valence electrons. The van der Waals surface area contributed by atoms with E-state index in [1.807, 2.05) is 12.2 Å². The van der Waals surface area contributed by atoms with Gasteiger partial charge in [-0.2, -0.15) is 0 Å². The van der Waals surface area contributed by atoms with Gasteiger partial charge in [0.25, 0.3) is 0 Å². The molecule has 0 aliphatic carbocycles. The van der Waals surface area contributed by atoms with Gasteiger partial charge in [-0.15, -0.1) is 6.58 Å². The van der Waals surface area contributed by atoms with E-state index >= 15 is 0 Å². The minimum absolute atomic E-state index is 0.850. The fraction of sp³-hybridized carbons (Fsp3) is 0.714. The van der Waals surface area contributed by atoms with Crippen LogP contribution in [0.2, 0.25) is 0 Å². The second-order valence-corrected chi connectivity index (χ2v) is 5.97. The zero-order valence-electron chi connectivity index (χ0n) is 14.4. The van der Waals surface area contributed by atoms with E-state index in [4.69, 9.17) is 0 Å². The molecule has 0 spiro atoms. The molecule has 0 fully saturated rings. The Labute approximate surface area is 134 Å². The molecule has 0 rings (SSSR count). The van der Waals surface area contributed by atoms with E-state index in [2.05, 4.69) is 31.7 Å². The van der Waals surface area contributed by atoms with E-state index in [9.17, 15) is 0 Å². The molecule has 0 saturated heterocycles. The maximum absolute atomic E-state index is 3.66. The van der Waals surface area contributed by atoms with Crippen molar-refractivity contribution in [1.82, 2.24) is 0 Å². The average Bonchev–Trinajstić information content (AvgIpc) is 2.50. The molecule has 0 aliphatic heterocycles. The molecule has 0 nitrogen and oxygen atoms in total. The van der Waals surface area contributed by atoms with E-state index in [-0.39, 0.29) is 0 Å². The average molecular weight is 290 g/mol. The first-order valence-corrected chi connectivity index (χ1v) is 9.24. The Balaban J connectivity index is 3.07. The van der Waals surface area contributed by atoms with Crippen LogP contribution in [0.15, 0.2) is 30.9 Å². The molecular formula is C21H37. The zero-order valence-corrected chi connectivity index (χ0v) is 14.4. The van der Waals surface area contributed by atoms with Crippen molar-refractivity contribution in [1.29, 1.82) is 0 Å². The Hall–Kier alpha value is -0.780. The molecule has 0 bridgehead atoms. The van der Waals surface area contributed by atoms with E-state index in [0.29, 0.717) is 0 Å². The second-order valence-electron chi connectivity index (χ2n) is 5.97. The predicted octanol–water partition coefficient (Wildman–Crippen LogP) is 7.57. The second kappa shape index (κ2) is 19.2. The van der Waals surface area contributed by atoms with Crippen molar-refractivity contribution in [3.63, 3.8) is 0 Å². The first kappa shape index (κ1) is 20.2. The largest absolute Gasteiger partial charge is 0.103 e. The first-order valence-electron chi connectivity index (χ1n) is 9.24. The van der Waals surface area contributed by atoms with Gasteiger partial charge in [-0.25, -0.2) is 0 Å². The highest BCUT2D eigenvalue weighted by molar-refractivity contribution is 5.00. The van der Waals surface area contributed by atoms with Crippen LogP contribution in [0, 0.1) is 6.08 Å². The molecule has 0 aromatic rings. The van der Waals surface area contributed by atoms with Crippen LogP contribution in [-0.2, 0) is 0 Å². The third kappa shape index (κ3) is 19.2. The molecule has 0 unspecified atom stereocenters. The van der Waals surface area contributed by atoms with Gasteiger partial charge in [0.05, 0.1) is 0 Å². The summed E-state index contributed by atoms with van der Waals surface area (Å²) in [6.07, 6.45) is 30.5. The summed E-state index contributed by atoms with van der Waals surface area (Å²) in [5.41, 5.74) is 0. The normalized spacial score (nSPS) is 11.7. The molecule has 0 atom stereocenters. The molecule has 0 aromatic heterocycles. The smallest absolute Gasteiger partial charge is 0.00973 e. The quantitative estimate of drug-likeness (QED) is 0.156. The van der Waals surface area contributed by atoms with E-state index in [0.717, 1.165) is 6.42 Å². The van der Waals surface area contributed by atoms with Crippen molar-refractivity contribution in [3.05, 3.63) is 37.0 Å². The Morgan fingerprint density at radius 3 is 1.81 bits per heavy atom. The van der Waals surface area contributed by atoms with Gasteiger partial charge in [0.2, 0.25) is 0 Å². The van der Waals surface area contributed by atoms with Gasteiger partial charge in [-0.1, -0.05) is 102 Å². The Bertz CT molecular complexity index is 247. The van der Waals surface area contributed by atoms with Crippen molar-refractivity contribution in [2.75, 3.05) is 0 Å². The minimum Gasteiger partial charge on any atom is -0.103 e. The fourth-order valence-electron chi connectivity index (χ4n) is 2.49. The summed E-state index contributed by atoms with van der Waals surface area (Å²) < 4.78 is 0. The van der Waals surface area contributed by atoms with Crippen molar-refractivity contribution in [2.45, 2.75) is 96.8 Å². The van der Waals surface area contributed by atoms with Crippen LogP contribution >= 0.6 is 0 Å². The number of hydrogen-bond acceptors (Lipinski definition) is 0. The molecule has 0 heteroatoms. The summed E-state index contributed by atoms with van der Waals surface area (Å²) >= 11 is 0. The highest BCUT2D eigenvalue weighted by Gasteiger charge is 1.92. The van der Waals surface area contributed by atoms with E-state index in [1.165, 1.54) is 83.5 Å². The number of allylic oxidation sites excluding steroid dienone is 5. The zero-order chi connectivity index (χ0) is 15.4. The number of hydrogen-bond donors (Lipinski definition) is 0. The number of rotatable bonds is 16. The predicted molar refractivity (Wildman–Crippen MR) is 97.5 cm³/mol. The maximum Gasteiger partial charge on any atom is -0.00973 e. The summed E-state index contributed by atoms with van der Waals surface area (Å²) in [6, 6.07) is 0. The molecule has 0 N–H and O–H groups in total. The molecule has 1 radical (unpaired) electrons. The van der Waals surface area contributed by atoms with Crippen LogP contribution in [0.3, 0.4) is 0 Å². The van der Waals surface area contributed by atoms with Crippen LogP contribution in [-0.4, -0.2) is 0 Å². The molecule has 0 amide bonds. The lowest BCUT2D eigenvalue weighted by Crippen LogP contribution is -1.82. The van der Waals surface area contributed by atoms with Crippen molar-refractivity contribution in [3.8, 4) is 0 Å². The molecule has 21 heavy (non-hydrogen) atoms. The summed E-state index contributed by atoms with van der Waals surface area (Å²) in [5.74, 6) is 0. The fourth-order valence-corrected chi connectivity index (χ4v) is 2.49. The van der Waals surface area contributed by atoms with Gasteiger partial charge >= 0.3 is 0 Å². The van der Waals surface area contributed by atoms with Crippen molar-refractivity contribution in [2.24, 2.45) is 0 Å². The summed E-state index contributed by atoms with van der Waals surface area (Å²) in [5, 5.41) is 0. The van der Waals surface area contributed by atoms with Crippen LogP contribution in [0.4, 0.5) is 0 Å². The van der Waals surface area contributed by atoms with Gasteiger partial charge in [0.1, 0.15) is 0 Å². The van der Waals surface area contributed by atoms with Gasteiger partial charge in [-0.05, 0) is 25.3 Å². The topological polar surface area (TPSA) is 0 Å². The van der Waals surface area contributed by atoms with Crippen LogP contribution < -0.4 is 0 Å². The Morgan fingerprint density at radius 1 is 0.762 bits per heavy atom. The Morgan fingerprint density at radius 2 is 1.29 bits per heavy atom. The highest BCUT2D eigenvalue weighted by Crippen LogP contribution is 2.12. The standard InChI is InChI=1S/C21H37/c1-3-5-7-9-11-13-15-17-19-21-20-18-16-14-12-10-8-6-4-2/h3,9,11,13H,1,4-6,8,10,12,14-21H2,2H3. The van der Waals surface area contributed by atoms with Crippen LogP contribution in [0.25, 0.3) is 0 Å². The first-order chi connectivity index (χ1) is 10.4. The van der Waals surface area contributed by atoms with Crippen LogP contribution in [0.1, 0.15) is 96.8 Å². The molecular weight excluding hydrogens is 252 g/mol. The van der Waals surface area contributed by atoms with Crippen molar-refractivity contribution >= 4 is 0 Å². The minimum atomic E-state index is 0.850. The summed E-state index contributed by atoms with van der Waals surface area (Å²) in [4.78, 5) is 0. The van der Waals surface area contributed by atoms with Gasteiger partial charge in [0, 0.05) is 0 Å². The Kier molecular flexibility index (Phi) is 18.5. The third-order valence-electron chi connectivity index (χ3n) is 3.84. The van der Waals surface area contributed by atoms with Gasteiger partial charge in [0.15, 0.2) is 0 Å². The molecule has 0 aliphatic rings. The monoisotopic (exact) mass is 289 g/mol. The third-order valence-corrected chi connectivity index (χ3v) is 3.84. The van der Waals surface area contributed by atoms with E-state index in [1.54, 1.807) is 0 Å². The highest BCUT2D eigenvalue weighted by atomic mass is 14.0. The van der Waals surface area contributed by atoms with Crippen molar-refractivity contribution < 1.29 is 0 Å². The number of unbranched alkanes of at least 4 members (excludes halogenated alkanes) is 12. The lowest BCUT2D eigenvalue weighted by atomic mass is 10.0. The SMILES string of the molecule is C=CC/[C]=C/C=CCCCCCCCCCCCCCC.